The van der Waals surface area contributed by atoms with Crippen LogP contribution in [0, 0.1) is 0 Å². The first-order chi connectivity index (χ1) is 10.3. The van der Waals surface area contributed by atoms with E-state index < -0.39 is 43.0 Å². The summed E-state index contributed by atoms with van der Waals surface area (Å²) in [6.45, 7) is -1.11. The summed E-state index contributed by atoms with van der Waals surface area (Å²) < 4.78 is 9.54. The fraction of sp³-hybridized carbons (Fsp3) is 0.462. The number of ether oxygens (including phenoxy) is 2. The van der Waals surface area contributed by atoms with Gasteiger partial charge in [-0.3, -0.25) is 0 Å². The van der Waals surface area contributed by atoms with Crippen molar-refractivity contribution >= 4 is 5.97 Å². The molecule has 1 unspecified atom stereocenters. The maximum absolute atomic E-state index is 11.9. The number of phenols is 1. The molecule has 1 aromatic rings. The van der Waals surface area contributed by atoms with Gasteiger partial charge in [0.15, 0.2) is 0 Å². The summed E-state index contributed by atoms with van der Waals surface area (Å²) in [6.07, 6.45) is -7.65. The van der Waals surface area contributed by atoms with Crippen LogP contribution in [0.5, 0.6) is 5.75 Å². The molecule has 0 amide bonds. The number of hydrogen-bond acceptors (Lipinski definition) is 9. The third kappa shape index (κ3) is 2.90. The number of carbonyl (C=O) groups excluding carboxylic acids is 1. The van der Waals surface area contributed by atoms with Crippen LogP contribution in [0.4, 0.5) is 0 Å². The van der Waals surface area contributed by atoms with Gasteiger partial charge in [0.2, 0.25) is 12.1 Å². The van der Waals surface area contributed by atoms with Crippen LogP contribution >= 0.6 is 0 Å². The van der Waals surface area contributed by atoms with Gasteiger partial charge in [-0.15, -0.1) is 0 Å². The van der Waals surface area contributed by atoms with Crippen molar-refractivity contribution in [1.82, 2.24) is 0 Å². The standard InChI is InChI=1S/C13H16O9/c14-5-13(20)10(18)8(16)9(17)12(22-13)21-11(19)6-3-1-2-4-7(6)15/h1-4,8-10,12,14-18,20H,5H2/t8-,9+,10+,12?,13+/m1/s1. The van der Waals surface area contributed by atoms with Crippen LogP contribution < -0.4 is 0 Å². The summed E-state index contributed by atoms with van der Waals surface area (Å²) in [7, 11) is 0. The van der Waals surface area contributed by atoms with Crippen molar-refractivity contribution in [1.29, 1.82) is 0 Å². The molecule has 1 saturated heterocycles. The highest BCUT2D eigenvalue weighted by atomic mass is 16.8. The van der Waals surface area contributed by atoms with Crippen molar-refractivity contribution in [2.24, 2.45) is 0 Å². The molecule has 6 N–H and O–H groups in total. The number of phenolic OH excluding ortho intramolecular Hbond substituents is 1. The van der Waals surface area contributed by atoms with Crippen LogP contribution in [-0.4, -0.2) is 73.6 Å². The summed E-state index contributed by atoms with van der Waals surface area (Å²) in [6, 6.07) is 5.41. The van der Waals surface area contributed by atoms with Crippen molar-refractivity contribution in [2.75, 3.05) is 6.61 Å². The molecule has 1 heterocycles. The predicted octanol–water partition coefficient (Wildman–Crippen LogP) is -2.33. The van der Waals surface area contributed by atoms with E-state index in [4.69, 9.17) is 14.6 Å². The lowest BCUT2D eigenvalue weighted by Gasteiger charge is -2.43. The van der Waals surface area contributed by atoms with E-state index in [0.717, 1.165) is 0 Å². The molecule has 0 radical (unpaired) electrons. The largest absolute Gasteiger partial charge is 0.507 e. The number of aromatic hydroxyl groups is 1. The van der Waals surface area contributed by atoms with Crippen LogP contribution in [0.15, 0.2) is 24.3 Å². The maximum Gasteiger partial charge on any atom is 0.344 e. The van der Waals surface area contributed by atoms with Crippen molar-refractivity contribution in [3.8, 4) is 5.75 Å². The Kier molecular flexibility index (Phi) is 4.66. The molecule has 5 atom stereocenters. The number of esters is 1. The van der Waals surface area contributed by atoms with Crippen molar-refractivity contribution in [2.45, 2.75) is 30.4 Å². The molecule has 9 heteroatoms. The Bertz CT molecular complexity index is 548. The van der Waals surface area contributed by atoms with Crippen molar-refractivity contribution in [3.05, 3.63) is 29.8 Å². The number of rotatable bonds is 3. The molecule has 0 aromatic heterocycles. The minimum Gasteiger partial charge on any atom is -0.507 e. The average Bonchev–Trinajstić information content (AvgIpc) is 2.51. The molecule has 9 nitrogen and oxygen atoms in total. The Hall–Kier alpha value is -1.75. The first-order valence-corrected chi connectivity index (χ1v) is 6.34. The lowest BCUT2D eigenvalue weighted by molar-refractivity contribution is -0.388. The number of aliphatic hydroxyl groups excluding tert-OH is 4. The molecule has 1 aliphatic heterocycles. The molecular weight excluding hydrogens is 300 g/mol. The van der Waals surface area contributed by atoms with Gasteiger partial charge < -0.3 is 40.1 Å². The number of benzene rings is 1. The molecule has 0 aliphatic carbocycles. The monoisotopic (exact) mass is 316 g/mol. The van der Waals surface area contributed by atoms with E-state index in [1.807, 2.05) is 0 Å². The van der Waals surface area contributed by atoms with Gasteiger partial charge in [-0.05, 0) is 12.1 Å². The minimum absolute atomic E-state index is 0.230. The van der Waals surface area contributed by atoms with Gasteiger partial charge in [-0.1, -0.05) is 12.1 Å². The maximum atomic E-state index is 11.9. The quantitative estimate of drug-likeness (QED) is 0.336. The zero-order valence-electron chi connectivity index (χ0n) is 11.2. The van der Waals surface area contributed by atoms with Gasteiger partial charge in [-0.2, -0.15) is 0 Å². The Labute approximate surface area is 124 Å². The number of carbonyl (C=O) groups is 1. The van der Waals surface area contributed by atoms with E-state index in [9.17, 15) is 30.3 Å². The first kappa shape index (κ1) is 16.6. The molecule has 1 fully saturated rings. The Morgan fingerprint density at radius 2 is 1.86 bits per heavy atom. The molecule has 0 saturated carbocycles. The molecule has 122 valence electrons. The summed E-state index contributed by atoms with van der Waals surface area (Å²) >= 11 is 0. The van der Waals surface area contributed by atoms with E-state index in [1.54, 1.807) is 0 Å². The minimum atomic E-state index is -2.61. The second-order valence-corrected chi connectivity index (χ2v) is 4.84. The molecule has 2 rings (SSSR count). The van der Waals surface area contributed by atoms with E-state index in [0.29, 0.717) is 0 Å². The van der Waals surface area contributed by atoms with E-state index in [1.165, 1.54) is 24.3 Å². The molecule has 0 spiro atoms. The fourth-order valence-electron chi connectivity index (χ4n) is 1.99. The summed E-state index contributed by atoms with van der Waals surface area (Å²) in [5.41, 5.74) is -0.230. The molecule has 22 heavy (non-hydrogen) atoms. The first-order valence-electron chi connectivity index (χ1n) is 6.34. The normalized spacial score (nSPS) is 35.1. The lowest BCUT2D eigenvalue weighted by Crippen LogP contribution is -2.66. The van der Waals surface area contributed by atoms with Gasteiger partial charge in [0.25, 0.3) is 0 Å². The third-order valence-electron chi connectivity index (χ3n) is 3.31. The fourth-order valence-corrected chi connectivity index (χ4v) is 1.99. The highest BCUT2D eigenvalue weighted by molar-refractivity contribution is 5.92. The Balaban J connectivity index is 2.18. The van der Waals surface area contributed by atoms with Gasteiger partial charge in [0.1, 0.15) is 29.6 Å². The molecular formula is C13H16O9. The second-order valence-electron chi connectivity index (χ2n) is 4.84. The van der Waals surface area contributed by atoms with Crippen LogP contribution in [0.1, 0.15) is 10.4 Å². The molecule has 1 aliphatic rings. The molecule has 0 bridgehead atoms. The van der Waals surface area contributed by atoms with Crippen molar-refractivity contribution in [3.63, 3.8) is 0 Å². The highest BCUT2D eigenvalue weighted by Gasteiger charge is 2.54. The third-order valence-corrected chi connectivity index (χ3v) is 3.31. The van der Waals surface area contributed by atoms with Crippen LogP contribution in [0.2, 0.25) is 0 Å². The van der Waals surface area contributed by atoms with Gasteiger partial charge >= 0.3 is 5.97 Å². The van der Waals surface area contributed by atoms with Crippen LogP contribution in [-0.2, 0) is 9.47 Å². The zero-order valence-corrected chi connectivity index (χ0v) is 11.2. The zero-order chi connectivity index (χ0) is 16.5. The van der Waals surface area contributed by atoms with E-state index >= 15 is 0 Å². The predicted molar refractivity (Wildman–Crippen MR) is 68.5 cm³/mol. The van der Waals surface area contributed by atoms with E-state index in [-0.39, 0.29) is 11.3 Å². The average molecular weight is 316 g/mol. The SMILES string of the molecule is O=C(OC1O[C@@](O)(CO)[C@@H](O)[C@H](O)[C@@H]1O)c1ccccc1O. The number of hydrogen-bond donors (Lipinski definition) is 6. The lowest BCUT2D eigenvalue weighted by atomic mass is 9.96. The van der Waals surface area contributed by atoms with E-state index in [2.05, 4.69) is 0 Å². The summed E-state index contributed by atoms with van der Waals surface area (Å²) in [5, 5.41) is 57.3. The van der Waals surface area contributed by atoms with Crippen LogP contribution in [0.3, 0.4) is 0 Å². The number of aliphatic hydroxyl groups is 5. The molecule has 1 aromatic carbocycles. The van der Waals surface area contributed by atoms with Crippen molar-refractivity contribution < 1.29 is 44.9 Å². The van der Waals surface area contributed by atoms with Gasteiger partial charge in [0, 0.05) is 0 Å². The van der Waals surface area contributed by atoms with Gasteiger partial charge in [-0.25, -0.2) is 4.79 Å². The number of para-hydroxylation sites is 1. The van der Waals surface area contributed by atoms with Crippen LogP contribution in [0.25, 0.3) is 0 Å². The summed E-state index contributed by atoms with van der Waals surface area (Å²) in [4.78, 5) is 11.9. The summed E-state index contributed by atoms with van der Waals surface area (Å²) in [5.74, 6) is -4.08. The highest BCUT2D eigenvalue weighted by Crippen LogP contribution is 2.29. The topological polar surface area (TPSA) is 157 Å². The second kappa shape index (κ2) is 6.16. The Morgan fingerprint density at radius 1 is 1.23 bits per heavy atom. The Morgan fingerprint density at radius 3 is 2.45 bits per heavy atom. The smallest absolute Gasteiger partial charge is 0.344 e. The van der Waals surface area contributed by atoms with Gasteiger partial charge in [0.05, 0.1) is 6.61 Å².